The normalized spacial score (nSPS) is 13.5. The van der Waals surface area contributed by atoms with Gasteiger partial charge in [0.2, 0.25) is 0 Å². The van der Waals surface area contributed by atoms with Crippen LogP contribution < -0.4 is 0 Å². The van der Waals surface area contributed by atoms with Crippen LogP contribution in [-0.4, -0.2) is 74.9 Å². The summed E-state index contributed by atoms with van der Waals surface area (Å²) in [6.07, 6.45) is 63.9. The second-order valence-corrected chi connectivity index (χ2v) is 22.8. The van der Waals surface area contributed by atoms with Crippen molar-refractivity contribution < 1.29 is 42.1 Å². The lowest BCUT2D eigenvalue weighted by Crippen LogP contribution is -2.37. The summed E-state index contributed by atoms with van der Waals surface area (Å²) in [5.74, 6) is -0.873. The number of carbonyl (C=O) groups excluding carboxylic acids is 2. The number of esters is 2. The highest BCUT2D eigenvalue weighted by Gasteiger charge is 2.27. The molecule has 0 saturated carbocycles. The molecule has 0 aliphatic rings. The minimum Gasteiger partial charge on any atom is -0.462 e. The smallest absolute Gasteiger partial charge is 0.462 e. The Morgan fingerprint density at radius 1 is 0.429 bits per heavy atom. The summed E-state index contributed by atoms with van der Waals surface area (Å²) in [6.45, 7) is 4.41. The fourth-order valence-corrected chi connectivity index (χ4v) is 9.25. The number of rotatable bonds is 55. The number of nitrogens with zero attached hydrogens (tertiary/aromatic N) is 1. The summed E-state index contributed by atoms with van der Waals surface area (Å²) < 4.78 is 34.5. The lowest BCUT2D eigenvalue weighted by molar-refractivity contribution is -0.870. The molecule has 0 saturated heterocycles. The van der Waals surface area contributed by atoms with Gasteiger partial charge in [-0.2, -0.15) is 0 Å². The average Bonchev–Trinajstić information content (AvgIpc) is 3.32. The van der Waals surface area contributed by atoms with Crippen LogP contribution in [-0.2, 0) is 32.7 Å². The number of allylic oxidation sites excluding steroid dienone is 6. The van der Waals surface area contributed by atoms with E-state index in [0.29, 0.717) is 23.9 Å². The first-order chi connectivity index (χ1) is 34.0. The Bertz CT molecular complexity index is 1280. The molecule has 0 aliphatic heterocycles. The van der Waals surface area contributed by atoms with Crippen LogP contribution in [0.5, 0.6) is 0 Å². The Hall–Kier alpha value is -1.77. The van der Waals surface area contributed by atoms with E-state index in [0.717, 1.165) is 38.5 Å². The molecule has 0 heterocycles. The minimum absolute atomic E-state index is 0.0219. The standard InChI is InChI=1S/C60H114NO8P/c1-6-8-10-12-14-16-18-20-22-24-26-28-30-32-34-36-38-40-42-44-46-48-50-52-59(62)66-56-58(57-68-70(64,65)67-55-54-61(3,4)5)69-60(63)53-51-49-47-45-43-41-39-37-35-33-31-29-27-25-23-21-19-17-15-13-11-9-7-2/h37,39,44-47,58H,6-36,38,40-43,48-57H2,1-5H3/p+1/b39-37+,46-44+,47-45+/t58-/m1/s1. The third kappa shape index (κ3) is 55.5. The molecule has 1 unspecified atom stereocenters. The van der Waals surface area contributed by atoms with E-state index in [-0.39, 0.29) is 26.1 Å². The molecule has 1 N–H and O–H groups in total. The van der Waals surface area contributed by atoms with Gasteiger partial charge in [-0.25, -0.2) is 4.57 Å². The van der Waals surface area contributed by atoms with Crippen LogP contribution in [0.4, 0.5) is 0 Å². The van der Waals surface area contributed by atoms with Crippen LogP contribution in [0.25, 0.3) is 0 Å². The molecule has 0 aromatic rings. The zero-order valence-electron chi connectivity index (χ0n) is 46.8. The van der Waals surface area contributed by atoms with Gasteiger partial charge in [0.05, 0.1) is 27.7 Å². The van der Waals surface area contributed by atoms with Crippen molar-refractivity contribution in [2.75, 3.05) is 47.5 Å². The number of unbranched alkanes of at least 4 members (excludes halogenated alkanes) is 35. The minimum atomic E-state index is -4.40. The molecular formula is C60H115NO8P+. The molecule has 0 rings (SSSR count). The largest absolute Gasteiger partial charge is 0.472 e. The van der Waals surface area contributed by atoms with Crippen molar-refractivity contribution >= 4 is 19.8 Å². The Balaban J connectivity index is 4.21. The molecule has 0 spiro atoms. The molecule has 0 bridgehead atoms. The predicted octanol–water partition coefficient (Wildman–Crippen LogP) is 18.4. The van der Waals surface area contributed by atoms with Crippen LogP contribution in [0, 0.1) is 0 Å². The maximum Gasteiger partial charge on any atom is 0.472 e. The van der Waals surface area contributed by atoms with Crippen LogP contribution in [0.15, 0.2) is 36.5 Å². The average molecular weight is 1010 g/mol. The SMILES string of the molecule is CCCCCCCCCCCCCCCC/C=C/CC/C=C/CCCC(=O)O[C@H](COC(=O)CCC/C=C/CCCCCCCCCCCCCCCCCCCC)COP(=O)(O)OCC[N+](C)(C)C. The van der Waals surface area contributed by atoms with Gasteiger partial charge in [-0.15, -0.1) is 0 Å². The van der Waals surface area contributed by atoms with Gasteiger partial charge in [-0.3, -0.25) is 18.6 Å². The van der Waals surface area contributed by atoms with E-state index in [2.05, 4.69) is 50.3 Å². The monoisotopic (exact) mass is 1010 g/mol. The van der Waals surface area contributed by atoms with E-state index in [4.69, 9.17) is 18.5 Å². The van der Waals surface area contributed by atoms with Crippen molar-refractivity contribution in [2.45, 2.75) is 290 Å². The van der Waals surface area contributed by atoms with Crippen molar-refractivity contribution in [2.24, 2.45) is 0 Å². The summed E-state index contributed by atoms with van der Waals surface area (Å²) in [5.41, 5.74) is 0. The fourth-order valence-electron chi connectivity index (χ4n) is 8.51. The Morgan fingerprint density at radius 3 is 1.10 bits per heavy atom. The first-order valence-corrected chi connectivity index (χ1v) is 31.2. The lowest BCUT2D eigenvalue weighted by atomic mass is 10.0. The molecule has 9 nitrogen and oxygen atoms in total. The zero-order chi connectivity index (χ0) is 51.3. The van der Waals surface area contributed by atoms with E-state index < -0.39 is 32.5 Å². The van der Waals surface area contributed by atoms with Crippen molar-refractivity contribution in [1.82, 2.24) is 0 Å². The summed E-state index contributed by atoms with van der Waals surface area (Å²) >= 11 is 0. The molecule has 70 heavy (non-hydrogen) atoms. The number of carbonyl (C=O) groups is 2. The molecule has 0 aromatic heterocycles. The molecule has 0 aromatic carbocycles. The van der Waals surface area contributed by atoms with Crippen LogP contribution in [0.1, 0.15) is 284 Å². The topological polar surface area (TPSA) is 108 Å². The highest BCUT2D eigenvalue weighted by atomic mass is 31.2. The Labute approximate surface area is 433 Å². The van der Waals surface area contributed by atoms with Gasteiger partial charge in [0.1, 0.15) is 19.8 Å². The van der Waals surface area contributed by atoms with E-state index in [1.807, 2.05) is 21.1 Å². The van der Waals surface area contributed by atoms with Crippen molar-refractivity contribution in [1.29, 1.82) is 0 Å². The third-order valence-electron chi connectivity index (χ3n) is 13.1. The van der Waals surface area contributed by atoms with Crippen molar-refractivity contribution in [3.8, 4) is 0 Å². The van der Waals surface area contributed by atoms with E-state index >= 15 is 0 Å². The van der Waals surface area contributed by atoms with Crippen LogP contribution in [0.2, 0.25) is 0 Å². The number of hydrogen-bond donors (Lipinski definition) is 1. The van der Waals surface area contributed by atoms with E-state index in [9.17, 15) is 19.0 Å². The van der Waals surface area contributed by atoms with Crippen LogP contribution in [0.3, 0.4) is 0 Å². The molecule has 0 radical (unpaired) electrons. The molecule has 0 fully saturated rings. The number of phosphoric ester groups is 1. The van der Waals surface area contributed by atoms with Crippen molar-refractivity contribution in [3.63, 3.8) is 0 Å². The van der Waals surface area contributed by atoms with Gasteiger partial charge >= 0.3 is 19.8 Å². The molecular weight excluding hydrogens is 894 g/mol. The Morgan fingerprint density at radius 2 is 0.743 bits per heavy atom. The summed E-state index contributed by atoms with van der Waals surface area (Å²) in [4.78, 5) is 35.6. The maximum atomic E-state index is 12.8. The molecule has 0 aliphatic carbocycles. The first-order valence-electron chi connectivity index (χ1n) is 29.7. The molecule has 412 valence electrons. The van der Waals surface area contributed by atoms with Gasteiger partial charge in [-0.05, 0) is 64.2 Å². The van der Waals surface area contributed by atoms with Gasteiger partial charge in [0.15, 0.2) is 6.10 Å². The number of likely N-dealkylation sites (N-methyl/N-ethyl adjacent to an activating group) is 1. The molecule has 2 atom stereocenters. The maximum absolute atomic E-state index is 12.8. The fraction of sp³-hybridized carbons (Fsp3) is 0.867. The van der Waals surface area contributed by atoms with E-state index in [1.165, 1.54) is 205 Å². The quantitative estimate of drug-likeness (QED) is 0.0211. The second-order valence-electron chi connectivity index (χ2n) is 21.4. The number of ether oxygens (including phenoxy) is 2. The van der Waals surface area contributed by atoms with Gasteiger partial charge in [0.25, 0.3) is 0 Å². The summed E-state index contributed by atoms with van der Waals surface area (Å²) in [5, 5.41) is 0. The molecule has 0 amide bonds. The van der Waals surface area contributed by atoms with Crippen LogP contribution >= 0.6 is 7.82 Å². The third-order valence-corrected chi connectivity index (χ3v) is 14.1. The summed E-state index contributed by atoms with van der Waals surface area (Å²) in [6, 6.07) is 0. The van der Waals surface area contributed by atoms with Gasteiger partial charge in [-0.1, -0.05) is 243 Å². The highest BCUT2D eigenvalue weighted by Crippen LogP contribution is 2.43. The summed E-state index contributed by atoms with van der Waals surface area (Å²) in [7, 11) is 1.45. The highest BCUT2D eigenvalue weighted by molar-refractivity contribution is 7.47. The second kappa shape index (κ2) is 52.1. The van der Waals surface area contributed by atoms with Gasteiger partial charge in [0, 0.05) is 12.8 Å². The zero-order valence-corrected chi connectivity index (χ0v) is 47.7. The lowest BCUT2D eigenvalue weighted by Gasteiger charge is -2.24. The van der Waals surface area contributed by atoms with Crippen molar-refractivity contribution in [3.05, 3.63) is 36.5 Å². The number of hydrogen-bond acceptors (Lipinski definition) is 7. The number of quaternary nitrogens is 1. The first kappa shape index (κ1) is 68.2. The predicted molar refractivity (Wildman–Crippen MR) is 298 cm³/mol. The molecule has 10 heteroatoms. The van der Waals surface area contributed by atoms with E-state index in [1.54, 1.807) is 0 Å². The number of phosphoric acid groups is 1. The Kier molecular flexibility index (Phi) is 50.8. The van der Waals surface area contributed by atoms with Gasteiger partial charge < -0.3 is 18.9 Å².